The number of hydrogen-bond donors (Lipinski definition) is 0. The first-order valence-electron chi connectivity index (χ1n) is 8.74. The fraction of sp³-hybridized carbons (Fsp3) is 0.238. The predicted octanol–water partition coefficient (Wildman–Crippen LogP) is 4.51. The standard InChI is InChI=1S/C21H19ClN2O3/c1-13-19(20(23-27-13)17-5-3-4-6-18(17)22)21(25)24-10-9-14-7-8-16(26-2)11-15(14)12-24/h3-8,11H,9-10,12H2,1-2H3. The molecule has 0 N–H and O–H groups in total. The number of aromatic nitrogens is 1. The van der Waals surface area contributed by atoms with Crippen LogP contribution in [0.1, 0.15) is 27.2 Å². The van der Waals surface area contributed by atoms with Gasteiger partial charge in [-0.15, -0.1) is 0 Å². The fourth-order valence-corrected chi connectivity index (χ4v) is 3.68. The van der Waals surface area contributed by atoms with Crippen molar-refractivity contribution in [3.8, 4) is 17.0 Å². The van der Waals surface area contributed by atoms with E-state index in [-0.39, 0.29) is 5.91 Å². The van der Waals surface area contributed by atoms with Gasteiger partial charge < -0.3 is 14.2 Å². The van der Waals surface area contributed by atoms with Gasteiger partial charge in [0.05, 0.1) is 12.1 Å². The topological polar surface area (TPSA) is 55.6 Å². The van der Waals surface area contributed by atoms with Gasteiger partial charge in [-0.25, -0.2) is 0 Å². The average Bonchev–Trinajstić information content (AvgIpc) is 3.08. The zero-order valence-corrected chi connectivity index (χ0v) is 15.9. The van der Waals surface area contributed by atoms with Gasteiger partial charge in [0.2, 0.25) is 0 Å². The van der Waals surface area contributed by atoms with Crippen LogP contribution < -0.4 is 4.74 Å². The molecule has 27 heavy (non-hydrogen) atoms. The van der Waals surface area contributed by atoms with Crippen LogP contribution in [0.15, 0.2) is 47.0 Å². The van der Waals surface area contributed by atoms with Crippen molar-refractivity contribution in [3.05, 3.63) is 69.9 Å². The van der Waals surface area contributed by atoms with Crippen LogP contribution in [0, 0.1) is 6.92 Å². The van der Waals surface area contributed by atoms with Gasteiger partial charge >= 0.3 is 0 Å². The Morgan fingerprint density at radius 3 is 2.81 bits per heavy atom. The second-order valence-corrected chi connectivity index (χ2v) is 6.96. The van der Waals surface area contributed by atoms with E-state index in [0.29, 0.717) is 40.7 Å². The van der Waals surface area contributed by atoms with Crippen molar-refractivity contribution in [2.45, 2.75) is 19.9 Å². The van der Waals surface area contributed by atoms with Crippen molar-refractivity contribution in [2.24, 2.45) is 0 Å². The maximum Gasteiger partial charge on any atom is 0.260 e. The molecule has 2 heterocycles. The number of ether oxygens (including phenoxy) is 1. The number of methoxy groups -OCH3 is 1. The summed E-state index contributed by atoms with van der Waals surface area (Å²) in [5, 5.41) is 4.64. The lowest BCUT2D eigenvalue weighted by atomic mass is 9.98. The zero-order valence-electron chi connectivity index (χ0n) is 15.2. The highest BCUT2D eigenvalue weighted by atomic mass is 35.5. The van der Waals surface area contributed by atoms with Crippen LogP contribution in [0.2, 0.25) is 5.02 Å². The molecule has 1 aliphatic heterocycles. The smallest absolute Gasteiger partial charge is 0.260 e. The second-order valence-electron chi connectivity index (χ2n) is 6.55. The Morgan fingerprint density at radius 2 is 2.04 bits per heavy atom. The maximum atomic E-state index is 13.3. The van der Waals surface area contributed by atoms with E-state index in [1.165, 1.54) is 5.56 Å². The molecule has 2 aromatic carbocycles. The first-order chi connectivity index (χ1) is 13.1. The molecule has 0 fully saturated rings. The molecule has 138 valence electrons. The maximum absolute atomic E-state index is 13.3. The van der Waals surface area contributed by atoms with Crippen LogP contribution in [-0.4, -0.2) is 29.6 Å². The summed E-state index contributed by atoms with van der Waals surface area (Å²) in [6, 6.07) is 13.3. The highest BCUT2D eigenvalue weighted by molar-refractivity contribution is 6.33. The van der Waals surface area contributed by atoms with Crippen molar-refractivity contribution in [1.82, 2.24) is 10.1 Å². The third-order valence-electron chi connectivity index (χ3n) is 4.92. The first-order valence-corrected chi connectivity index (χ1v) is 9.12. The van der Waals surface area contributed by atoms with Crippen molar-refractivity contribution >= 4 is 17.5 Å². The largest absolute Gasteiger partial charge is 0.497 e. The lowest BCUT2D eigenvalue weighted by molar-refractivity contribution is 0.0733. The summed E-state index contributed by atoms with van der Waals surface area (Å²) in [6.45, 7) is 2.92. The Kier molecular flexibility index (Phi) is 4.62. The minimum atomic E-state index is -0.0999. The molecular weight excluding hydrogens is 364 g/mol. The molecular formula is C21H19ClN2O3. The summed E-state index contributed by atoms with van der Waals surface area (Å²) in [6.07, 6.45) is 0.802. The van der Waals surface area contributed by atoms with E-state index >= 15 is 0 Å². The molecule has 6 heteroatoms. The number of carbonyl (C=O) groups is 1. The third kappa shape index (κ3) is 3.19. The fourth-order valence-electron chi connectivity index (χ4n) is 3.45. The number of carbonyl (C=O) groups excluding carboxylic acids is 1. The quantitative estimate of drug-likeness (QED) is 0.668. The van der Waals surface area contributed by atoms with Gasteiger partial charge in [0.15, 0.2) is 0 Å². The molecule has 1 amide bonds. The van der Waals surface area contributed by atoms with Crippen molar-refractivity contribution in [3.63, 3.8) is 0 Å². The lowest BCUT2D eigenvalue weighted by Crippen LogP contribution is -2.36. The minimum Gasteiger partial charge on any atom is -0.497 e. The SMILES string of the molecule is COc1ccc2c(c1)CN(C(=O)c1c(-c3ccccc3Cl)noc1C)CC2. The van der Waals surface area contributed by atoms with E-state index in [0.717, 1.165) is 17.7 Å². The van der Waals surface area contributed by atoms with E-state index in [4.69, 9.17) is 20.9 Å². The number of fused-ring (bicyclic) bond motifs is 1. The molecule has 1 aromatic heterocycles. The van der Waals surface area contributed by atoms with Gasteiger partial charge in [-0.3, -0.25) is 4.79 Å². The number of amides is 1. The highest BCUT2D eigenvalue weighted by Gasteiger charge is 2.29. The normalized spacial score (nSPS) is 13.4. The Morgan fingerprint density at radius 1 is 1.22 bits per heavy atom. The van der Waals surface area contributed by atoms with Crippen LogP contribution in [0.25, 0.3) is 11.3 Å². The third-order valence-corrected chi connectivity index (χ3v) is 5.25. The molecule has 0 atom stereocenters. The minimum absolute atomic E-state index is 0.0999. The Balaban J connectivity index is 1.68. The summed E-state index contributed by atoms with van der Waals surface area (Å²) in [5.74, 6) is 1.18. The number of benzene rings is 2. The van der Waals surface area contributed by atoms with Crippen molar-refractivity contribution in [2.75, 3.05) is 13.7 Å². The Bertz CT molecular complexity index is 1010. The molecule has 4 rings (SSSR count). The van der Waals surface area contributed by atoms with E-state index < -0.39 is 0 Å². The average molecular weight is 383 g/mol. The van der Waals surface area contributed by atoms with E-state index in [2.05, 4.69) is 11.2 Å². The number of aryl methyl sites for hydroxylation is 1. The molecule has 1 aliphatic rings. The van der Waals surface area contributed by atoms with E-state index in [1.54, 1.807) is 20.1 Å². The van der Waals surface area contributed by atoms with Crippen LogP contribution in [-0.2, 0) is 13.0 Å². The van der Waals surface area contributed by atoms with E-state index in [9.17, 15) is 4.79 Å². The molecule has 0 saturated carbocycles. The summed E-state index contributed by atoms with van der Waals surface area (Å²) in [4.78, 5) is 15.1. The molecule has 0 aliphatic carbocycles. The highest BCUT2D eigenvalue weighted by Crippen LogP contribution is 2.33. The zero-order chi connectivity index (χ0) is 19.0. The molecule has 5 nitrogen and oxygen atoms in total. The molecule has 0 unspecified atom stereocenters. The van der Waals surface area contributed by atoms with Crippen LogP contribution in [0.3, 0.4) is 0 Å². The van der Waals surface area contributed by atoms with Gasteiger partial charge in [0, 0.05) is 18.7 Å². The second kappa shape index (κ2) is 7.08. The molecule has 3 aromatic rings. The summed E-state index contributed by atoms with van der Waals surface area (Å²) in [7, 11) is 1.64. The van der Waals surface area contributed by atoms with Gasteiger partial charge in [-0.2, -0.15) is 0 Å². The lowest BCUT2D eigenvalue weighted by Gasteiger charge is -2.29. The predicted molar refractivity (Wildman–Crippen MR) is 103 cm³/mol. The molecule has 0 bridgehead atoms. The summed E-state index contributed by atoms with van der Waals surface area (Å²) in [5.41, 5.74) is 3.99. The number of rotatable bonds is 3. The van der Waals surface area contributed by atoms with Crippen LogP contribution >= 0.6 is 11.6 Å². The number of halogens is 1. The van der Waals surface area contributed by atoms with Crippen LogP contribution in [0.5, 0.6) is 5.75 Å². The molecule has 0 radical (unpaired) electrons. The van der Waals surface area contributed by atoms with Crippen molar-refractivity contribution < 1.29 is 14.1 Å². The molecule has 0 saturated heterocycles. The van der Waals surface area contributed by atoms with Gasteiger partial charge in [-0.05, 0) is 42.7 Å². The number of nitrogens with zero attached hydrogens (tertiary/aromatic N) is 2. The van der Waals surface area contributed by atoms with Gasteiger partial charge in [0.25, 0.3) is 5.91 Å². The Hall–Kier alpha value is -2.79. The van der Waals surface area contributed by atoms with Crippen LogP contribution in [0.4, 0.5) is 0 Å². The van der Waals surface area contributed by atoms with E-state index in [1.807, 2.05) is 35.2 Å². The summed E-state index contributed by atoms with van der Waals surface area (Å²) >= 11 is 6.31. The Labute approximate surface area is 162 Å². The molecule has 0 spiro atoms. The van der Waals surface area contributed by atoms with Gasteiger partial charge in [-0.1, -0.05) is 41.0 Å². The monoisotopic (exact) mass is 382 g/mol. The van der Waals surface area contributed by atoms with Crippen molar-refractivity contribution in [1.29, 1.82) is 0 Å². The number of hydrogen-bond acceptors (Lipinski definition) is 4. The summed E-state index contributed by atoms with van der Waals surface area (Å²) < 4.78 is 10.7. The van der Waals surface area contributed by atoms with Gasteiger partial charge in [0.1, 0.15) is 22.8 Å². The first kappa shape index (κ1) is 17.6.